The summed E-state index contributed by atoms with van der Waals surface area (Å²) in [7, 11) is -3.80. The third kappa shape index (κ3) is 3.63. The van der Waals surface area contributed by atoms with E-state index >= 15 is 0 Å². The number of furan rings is 1. The molecule has 0 bridgehead atoms. The minimum atomic E-state index is -3.80. The van der Waals surface area contributed by atoms with E-state index in [0.717, 1.165) is 20.2 Å². The highest BCUT2D eigenvalue weighted by atomic mass is 79.9. The van der Waals surface area contributed by atoms with Crippen LogP contribution in [0, 0.1) is 6.92 Å². The summed E-state index contributed by atoms with van der Waals surface area (Å²) in [6, 6.07) is 6.87. The number of rotatable bonds is 4. The van der Waals surface area contributed by atoms with Gasteiger partial charge in [0.2, 0.25) is 5.09 Å². The molecule has 0 spiro atoms. The zero-order chi connectivity index (χ0) is 14.9. The van der Waals surface area contributed by atoms with Gasteiger partial charge in [-0.05, 0) is 68.6 Å². The van der Waals surface area contributed by atoms with E-state index in [4.69, 9.17) is 9.56 Å². The second-order valence-electron chi connectivity index (χ2n) is 4.22. The highest BCUT2D eigenvalue weighted by molar-refractivity contribution is 9.11. The molecule has 0 aliphatic heterocycles. The molecule has 0 atom stereocenters. The van der Waals surface area contributed by atoms with Crippen LogP contribution in [0.3, 0.4) is 0 Å². The van der Waals surface area contributed by atoms with Gasteiger partial charge >= 0.3 is 0 Å². The van der Waals surface area contributed by atoms with Crippen LogP contribution in [-0.4, -0.2) is 8.42 Å². The maximum atomic E-state index is 11.1. The summed E-state index contributed by atoms with van der Waals surface area (Å²) in [5.74, 6) is 0.480. The second kappa shape index (κ2) is 5.88. The van der Waals surface area contributed by atoms with Gasteiger partial charge in [0.25, 0.3) is 10.0 Å². The van der Waals surface area contributed by atoms with Crippen molar-refractivity contribution in [1.82, 2.24) is 0 Å². The molecule has 0 fully saturated rings. The fourth-order valence-electron chi connectivity index (χ4n) is 1.65. The Kier molecular flexibility index (Phi) is 4.58. The zero-order valence-corrected chi connectivity index (χ0v) is 14.5. The van der Waals surface area contributed by atoms with E-state index in [1.165, 1.54) is 6.07 Å². The van der Waals surface area contributed by atoms with Crippen molar-refractivity contribution in [3.63, 3.8) is 0 Å². The molecule has 0 amide bonds. The smallest absolute Gasteiger partial charge is 0.271 e. The average Bonchev–Trinajstić information content (AvgIpc) is 2.75. The van der Waals surface area contributed by atoms with Gasteiger partial charge in [-0.2, -0.15) is 0 Å². The zero-order valence-electron chi connectivity index (χ0n) is 10.5. The molecular weight excluding hydrogens is 412 g/mol. The van der Waals surface area contributed by atoms with E-state index in [2.05, 4.69) is 37.2 Å². The highest BCUT2D eigenvalue weighted by Crippen LogP contribution is 2.32. The number of aryl methyl sites for hydroxylation is 1. The normalized spacial score (nSPS) is 11.6. The van der Waals surface area contributed by atoms with Gasteiger partial charge in [-0.1, -0.05) is 0 Å². The van der Waals surface area contributed by atoms with Gasteiger partial charge in [0.1, 0.15) is 5.76 Å². The molecule has 1 aromatic heterocycles. The van der Waals surface area contributed by atoms with E-state index < -0.39 is 10.0 Å². The first-order valence-corrected chi connectivity index (χ1v) is 8.71. The fourth-order valence-corrected chi connectivity index (χ4v) is 3.83. The van der Waals surface area contributed by atoms with Crippen LogP contribution in [0.4, 0.5) is 5.69 Å². The van der Waals surface area contributed by atoms with Crippen LogP contribution in [0.1, 0.15) is 11.3 Å². The average molecular weight is 424 g/mol. The number of nitrogens with one attached hydrogen (secondary N) is 1. The summed E-state index contributed by atoms with van der Waals surface area (Å²) in [5, 5.41) is 7.91. The quantitative estimate of drug-likeness (QED) is 0.789. The molecule has 0 saturated carbocycles. The third-order valence-electron chi connectivity index (χ3n) is 2.54. The lowest BCUT2D eigenvalue weighted by Gasteiger charge is -2.10. The van der Waals surface area contributed by atoms with Crippen LogP contribution in [0.2, 0.25) is 0 Å². The van der Waals surface area contributed by atoms with E-state index in [1.54, 1.807) is 6.07 Å². The van der Waals surface area contributed by atoms with Gasteiger partial charge in [-0.15, -0.1) is 0 Å². The molecule has 8 heteroatoms. The minimum absolute atomic E-state index is 0.240. The molecule has 2 aromatic rings. The van der Waals surface area contributed by atoms with Gasteiger partial charge in [0.05, 0.1) is 12.2 Å². The number of hydrogen-bond donors (Lipinski definition) is 2. The topological polar surface area (TPSA) is 85.3 Å². The molecular formula is C12H12Br2N2O3S. The molecule has 0 radical (unpaired) electrons. The Balaban J connectivity index is 2.16. The number of primary sulfonamides is 1. The van der Waals surface area contributed by atoms with Crippen molar-refractivity contribution in [2.24, 2.45) is 5.14 Å². The molecule has 20 heavy (non-hydrogen) atoms. The first-order chi connectivity index (χ1) is 9.27. The van der Waals surface area contributed by atoms with E-state index in [0.29, 0.717) is 12.3 Å². The summed E-state index contributed by atoms with van der Waals surface area (Å²) < 4.78 is 29.2. The predicted octanol–water partition coefficient (Wildman–Crippen LogP) is 3.37. The lowest BCUT2D eigenvalue weighted by molar-refractivity contribution is 0.419. The summed E-state index contributed by atoms with van der Waals surface area (Å²) in [6.07, 6.45) is 0. The van der Waals surface area contributed by atoms with Crippen LogP contribution in [0.25, 0.3) is 0 Å². The lowest BCUT2D eigenvalue weighted by atomic mass is 10.2. The lowest BCUT2D eigenvalue weighted by Crippen LogP contribution is -2.10. The van der Waals surface area contributed by atoms with Crippen molar-refractivity contribution in [2.45, 2.75) is 18.6 Å². The van der Waals surface area contributed by atoms with Crippen LogP contribution in [0.15, 0.2) is 42.7 Å². The Bertz CT molecular complexity index is 718. The maximum Gasteiger partial charge on any atom is 0.271 e. The molecule has 5 nitrogen and oxygen atoms in total. The van der Waals surface area contributed by atoms with Gasteiger partial charge in [-0.25, -0.2) is 13.6 Å². The van der Waals surface area contributed by atoms with Crippen molar-refractivity contribution in [2.75, 3.05) is 5.32 Å². The third-order valence-corrected chi connectivity index (χ3v) is 4.57. The molecule has 0 aliphatic carbocycles. The Morgan fingerprint density at radius 1 is 1.25 bits per heavy atom. The van der Waals surface area contributed by atoms with E-state index in [1.807, 2.05) is 19.1 Å². The maximum absolute atomic E-state index is 11.1. The number of benzene rings is 1. The van der Waals surface area contributed by atoms with E-state index in [-0.39, 0.29) is 5.09 Å². The molecule has 0 aliphatic rings. The van der Waals surface area contributed by atoms with Gasteiger partial charge < -0.3 is 9.73 Å². The number of hydrogen-bond acceptors (Lipinski definition) is 4. The standard InChI is InChI=1S/C12H12Br2N2O3S/c1-7-4-9(13)12(10(14)5-7)16-6-8-2-3-11(19-8)20(15,17)18/h2-5,16H,6H2,1H3,(H2,15,17,18). The molecule has 1 heterocycles. The van der Waals surface area contributed by atoms with Crippen molar-refractivity contribution >= 4 is 47.6 Å². The van der Waals surface area contributed by atoms with Crippen LogP contribution in [0.5, 0.6) is 0 Å². The summed E-state index contributed by atoms with van der Waals surface area (Å²) >= 11 is 6.94. The minimum Gasteiger partial charge on any atom is -0.446 e. The largest absolute Gasteiger partial charge is 0.446 e. The van der Waals surface area contributed by atoms with Crippen molar-refractivity contribution in [3.05, 3.63) is 44.5 Å². The molecule has 0 saturated heterocycles. The predicted molar refractivity (Wildman–Crippen MR) is 84.0 cm³/mol. The second-order valence-corrected chi connectivity index (χ2v) is 7.42. The first kappa shape index (κ1) is 15.6. The molecule has 2 rings (SSSR count). The first-order valence-electron chi connectivity index (χ1n) is 5.58. The number of nitrogens with two attached hydrogens (primary N) is 1. The molecule has 108 valence electrons. The molecule has 3 N–H and O–H groups in total. The van der Waals surface area contributed by atoms with Crippen molar-refractivity contribution in [1.29, 1.82) is 0 Å². The Labute approximate surface area is 133 Å². The van der Waals surface area contributed by atoms with Crippen LogP contribution >= 0.6 is 31.9 Å². The van der Waals surface area contributed by atoms with Crippen LogP contribution in [-0.2, 0) is 16.6 Å². The Hall–Kier alpha value is -0.830. The summed E-state index contributed by atoms with van der Waals surface area (Å²) in [4.78, 5) is 0. The van der Waals surface area contributed by atoms with Gasteiger partial charge in [0.15, 0.2) is 0 Å². The van der Waals surface area contributed by atoms with Crippen LogP contribution < -0.4 is 10.5 Å². The number of anilines is 1. The van der Waals surface area contributed by atoms with E-state index in [9.17, 15) is 8.42 Å². The van der Waals surface area contributed by atoms with Gasteiger partial charge in [-0.3, -0.25) is 0 Å². The highest BCUT2D eigenvalue weighted by Gasteiger charge is 2.13. The van der Waals surface area contributed by atoms with Crippen molar-refractivity contribution < 1.29 is 12.8 Å². The molecule has 1 aromatic carbocycles. The number of sulfonamides is 1. The fraction of sp³-hybridized carbons (Fsp3) is 0.167. The monoisotopic (exact) mass is 422 g/mol. The number of halogens is 2. The van der Waals surface area contributed by atoms with Crippen molar-refractivity contribution in [3.8, 4) is 0 Å². The Morgan fingerprint density at radius 2 is 1.85 bits per heavy atom. The summed E-state index contributed by atoms with van der Waals surface area (Å²) in [6.45, 7) is 2.33. The van der Waals surface area contributed by atoms with Gasteiger partial charge in [0, 0.05) is 8.95 Å². The SMILES string of the molecule is Cc1cc(Br)c(NCc2ccc(S(N)(=O)=O)o2)c(Br)c1. The molecule has 0 unspecified atom stereocenters. The Morgan fingerprint density at radius 3 is 2.35 bits per heavy atom. The summed E-state index contributed by atoms with van der Waals surface area (Å²) in [5.41, 5.74) is 1.98.